The molecular weight excluding hydrogens is 337 g/mol. The molecule has 0 saturated heterocycles. The maximum Gasteiger partial charge on any atom is 0.573 e. The molecule has 26 heavy (non-hydrogen) atoms. The van der Waals surface area contributed by atoms with Crippen LogP contribution in [0.4, 0.5) is 13.2 Å². The van der Waals surface area contributed by atoms with Crippen LogP contribution in [0.2, 0.25) is 0 Å². The molecule has 1 fully saturated rings. The number of ether oxygens (including phenoxy) is 1. The lowest BCUT2D eigenvalue weighted by Gasteiger charge is -2.29. The molecular formula is C22H27F3O. The number of rotatable bonds is 6. The Kier molecular flexibility index (Phi) is 6.10. The molecule has 0 aromatic heterocycles. The van der Waals surface area contributed by atoms with Crippen molar-refractivity contribution in [3.05, 3.63) is 42.0 Å². The van der Waals surface area contributed by atoms with Crippen molar-refractivity contribution in [3.63, 3.8) is 0 Å². The van der Waals surface area contributed by atoms with Crippen LogP contribution in [0.5, 0.6) is 5.75 Å². The minimum atomic E-state index is -4.65. The Labute approximate surface area is 153 Å². The molecule has 0 bridgehead atoms. The quantitative estimate of drug-likeness (QED) is 0.480. The standard InChI is InChI=1S/C22H27F3O/c1-2-3-4-5-16-6-8-17(9-7-16)18-10-11-20-15-21(26-22(23,24)25)13-12-19(20)14-18/h10-17H,2-9H2,1H3. The van der Waals surface area contributed by atoms with Crippen molar-refractivity contribution in [3.8, 4) is 5.75 Å². The van der Waals surface area contributed by atoms with Crippen LogP contribution in [0, 0.1) is 5.92 Å². The van der Waals surface area contributed by atoms with Crippen LogP contribution >= 0.6 is 0 Å². The molecule has 0 unspecified atom stereocenters. The molecule has 2 aromatic rings. The van der Waals surface area contributed by atoms with Gasteiger partial charge in [0.15, 0.2) is 0 Å². The second-order valence-electron chi connectivity index (χ2n) is 7.53. The third kappa shape index (κ3) is 5.15. The predicted octanol–water partition coefficient (Wildman–Crippen LogP) is 7.59. The highest BCUT2D eigenvalue weighted by Gasteiger charge is 2.31. The van der Waals surface area contributed by atoms with Gasteiger partial charge in [0.1, 0.15) is 5.75 Å². The molecule has 2 aromatic carbocycles. The average molecular weight is 364 g/mol. The predicted molar refractivity (Wildman–Crippen MR) is 99.5 cm³/mol. The SMILES string of the molecule is CCCCCC1CCC(c2ccc3cc(OC(F)(F)F)ccc3c2)CC1. The monoisotopic (exact) mass is 364 g/mol. The Bertz CT molecular complexity index is 715. The van der Waals surface area contributed by atoms with Gasteiger partial charge in [-0.1, -0.05) is 56.9 Å². The second kappa shape index (κ2) is 8.32. The van der Waals surface area contributed by atoms with Gasteiger partial charge in [-0.2, -0.15) is 0 Å². The van der Waals surface area contributed by atoms with Crippen LogP contribution in [-0.4, -0.2) is 6.36 Å². The number of unbranched alkanes of at least 4 members (excludes halogenated alkanes) is 2. The maximum absolute atomic E-state index is 12.4. The van der Waals surface area contributed by atoms with Crippen LogP contribution in [0.15, 0.2) is 36.4 Å². The molecule has 0 atom stereocenters. The topological polar surface area (TPSA) is 9.23 Å². The van der Waals surface area contributed by atoms with E-state index in [0.717, 1.165) is 16.7 Å². The molecule has 142 valence electrons. The zero-order chi connectivity index (χ0) is 18.6. The van der Waals surface area contributed by atoms with Crippen LogP contribution < -0.4 is 4.74 Å². The van der Waals surface area contributed by atoms with Gasteiger partial charge in [0.05, 0.1) is 0 Å². The molecule has 1 nitrogen and oxygen atoms in total. The largest absolute Gasteiger partial charge is 0.573 e. The summed E-state index contributed by atoms with van der Waals surface area (Å²) in [5.41, 5.74) is 1.31. The lowest BCUT2D eigenvalue weighted by molar-refractivity contribution is -0.274. The molecule has 0 N–H and O–H groups in total. The third-order valence-corrected chi connectivity index (χ3v) is 5.60. The van der Waals surface area contributed by atoms with Gasteiger partial charge in [-0.05, 0) is 66.0 Å². The van der Waals surface area contributed by atoms with Gasteiger partial charge in [-0.15, -0.1) is 13.2 Å². The summed E-state index contributed by atoms with van der Waals surface area (Å²) in [6, 6.07) is 10.7. The van der Waals surface area contributed by atoms with E-state index in [9.17, 15) is 13.2 Å². The van der Waals surface area contributed by atoms with E-state index in [-0.39, 0.29) is 5.75 Å². The van der Waals surface area contributed by atoms with Gasteiger partial charge in [0.2, 0.25) is 0 Å². The Morgan fingerprint density at radius 1 is 0.923 bits per heavy atom. The number of hydrogen-bond acceptors (Lipinski definition) is 1. The molecule has 1 aliphatic carbocycles. The van der Waals surface area contributed by atoms with E-state index in [0.29, 0.717) is 5.92 Å². The molecule has 3 rings (SSSR count). The van der Waals surface area contributed by atoms with Gasteiger partial charge in [-0.25, -0.2) is 0 Å². The Morgan fingerprint density at radius 2 is 1.62 bits per heavy atom. The van der Waals surface area contributed by atoms with E-state index >= 15 is 0 Å². The van der Waals surface area contributed by atoms with E-state index in [1.54, 1.807) is 6.07 Å². The Morgan fingerprint density at radius 3 is 2.31 bits per heavy atom. The summed E-state index contributed by atoms with van der Waals surface area (Å²) in [4.78, 5) is 0. The fourth-order valence-electron chi connectivity index (χ4n) is 4.16. The molecule has 1 aliphatic rings. The highest BCUT2D eigenvalue weighted by Crippen LogP contribution is 2.39. The zero-order valence-corrected chi connectivity index (χ0v) is 15.3. The zero-order valence-electron chi connectivity index (χ0n) is 15.3. The summed E-state index contributed by atoms with van der Waals surface area (Å²) in [5, 5.41) is 1.76. The highest BCUT2D eigenvalue weighted by atomic mass is 19.4. The first-order chi connectivity index (χ1) is 12.4. The fraction of sp³-hybridized carbons (Fsp3) is 0.545. The summed E-state index contributed by atoms with van der Waals surface area (Å²) in [5.74, 6) is 1.29. The van der Waals surface area contributed by atoms with Gasteiger partial charge in [0.25, 0.3) is 0 Å². The third-order valence-electron chi connectivity index (χ3n) is 5.60. The first-order valence-corrected chi connectivity index (χ1v) is 9.74. The smallest absolute Gasteiger partial charge is 0.406 e. The van der Waals surface area contributed by atoms with Crippen molar-refractivity contribution in [2.24, 2.45) is 5.92 Å². The van der Waals surface area contributed by atoms with Gasteiger partial charge in [-0.3, -0.25) is 0 Å². The Balaban J connectivity index is 1.63. The maximum atomic E-state index is 12.4. The molecule has 0 spiro atoms. The summed E-state index contributed by atoms with van der Waals surface area (Å²) in [6.45, 7) is 2.24. The molecule has 0 aliphatic heterocycles. The number of halogens is 3. The minimum Gasteiger partial charge on any atom is -0.406 e. The van der Waals surface area contributed by atoms with Crippen molar-refractivity contribution < 1.29 is 17.9 Å². The minimum absolute atomic E-state index is 0.162. The van der Waals surface area contributed by atoms with Crippen LogP contribution in [0.1, 0.15) is 69.8 Å². The van der Waals surface area contributed by atoms with E-state index in [1.807, 2.05) is 6.07 Å². The molecule has 0 radical (unpaired) electrons. The fourth-order valence-corrected chi connectivity index (χ4v) is 4.16. The highest BCUT2D eigenvalue weighted by molar-refractivity contribution is 5.84. The lowest BCUT2D eigenvalue weighted by atomic mass is 9.77. The van der Waals surface area contributed by atoms with Crippen molar-refractivity contribution >= 4 is 10.8 Å². The number of hydrogen-bond donors (Lipinski definition) is 0. The van der Waals surface area contributed by atoms with Crippen molar-refractivity contribution in [2.75, 3.05) is 0 Å². The van der Waals surface area contributed by atoms with Gasteiger partial charge < -0.3 is 4.74 Å². The summed E-state index contributed by atoms with van der Waals surface area (Å²) < 4.78 is 41.1. The van der Waals surface area contributed by atoms with E-state index in [4.69, 9.17) is 0 Å². The molecule has 0 amide bonds. The Hall–Kier alpha value is -1.71. The van der Waals surface area contributed by atoms with Gasteiger partial charge >= 0.3 is 6.36 Å². The lowest BCUT2D eigenvalue weighted by Crippen LogP contribution is -2.17. The molecule has 0 heterocycles. The van der Waals surface area contributed by atoms with Gasteiger partial charge in [0, 0.05) is 0 Å². The van der Waals surface area contributed by atoms with Crippen molar-refractivity contribution in [1.29, 1.82) is 0 Å². The summed E-state index contributed by atoms with van der Waals surface area (Å²) in [7, 11) is 0. The van der Waals surface area contributed by atoms with Crippen molar-refractivity contribution in [1.82, 2.24) is 0 Å². The van der Waals surface area contributed by atoms with Crippen LogP contribution in [-0.2, 0) is 0 Å². The first-order valence-electron chi connectivity index (χ1n) is 9.74. The van der Waals surface area contributed by atoms with E-state index in [2.05, 4.69) is 23.8 Å². The summed E-state index contributed by atoms with van der Waals surface area (Å²) >= 11 is 0. The summed E-state index contributed by atoms with van der Waals surface area (Å²) in [6.07, 6.45) is 5.71. The van der Waals surface area contributed by atoms with Crippen molar-refractivity contribution in [2.45, 2.75) is 70.6 Å². The normalized spacial score (nSPS) is 21.1. The number of alkyl halides is 3. The molecule has 4 heteroatoms. The first kappa shape index (κ1) is 19.1. The average Bonchev–Trinajstić information content (AvgIpc) is 2.61. The van der Waals surface area contributed by atoms with E-state index < -0.39 is 6.36 Å². The second-order valence-corrected chi connectivity index (χ2v) is 7.53. The van der Waals surface area contributed by atoms with Crippen LogP contribution in [0.25, 0.3) is 10.8 Å². The van der Waals surface area contributed by atoms with E-state index in [1.165, 1.54) is 69.1 Å². The number of fused-ring (bicyclic) bond motifs is 1. The molecule has 1 saturated carbocycles. The number of benzene rings is 2. The van der Waals surface area contributed by atoms with Crippen LogP contribution in [0.3, 0.4) is 0 Å².